The van der Waals surface area contributed by atoms with Gasteiger partial charge in [-0.15, -0.1) is 0 Å². The van der Waals surface area contributed by atoms with E-state index in [1.165, 1.54) is 0 Å². The lowest BCUT2D eigenvalue weighted by Gasteiger charge is -2.36. The van der Waals surface area contributed by atoms with Crippen molar-refractivity contribution in [1.29, 1.82) is 0 Å². The van der Waals surface area contributed by atoms with E-state index >= 15 is 0 Å². The molecule has 1 spiro atoms. The normalized spacial score (nSPS) is 25.5. The Bertz CT molecular complexity index is 691. The van der Waals surface area contributed by atoms with Gasteiger partial charge in [-0.3, -0.25) is 14.5 Å². The fourth-order valence-electron chi connectivity index (χ4n) is 4.05. The molecule has 0 unspecified atom stereocenters. The number of imide groups is 1. The first kappa shape index (κ1) is 18.4. The summed E-state index contributed by atoms with van der Waals surface area (Å²) < 4.78 is 0. The minimum atomic E-state index is -0.813. The lowest BCUT2D eigenvalue weighted by Crippen LogP contribution is -2.54. The van der Waals surface area contributed by atoms with E-state index in [2.05, 4.69) is 5.32 Å². The molecular formula is C20H27N3O3. The summed E-state index contributed by atoms with van der Waals surface area (Å²) in [7, 11) is 0. The maximum Gasteiger partial charge on any atom is 0.325 e. The molecule has 140 valence electrons. The van der Waals surface area contributed by atoms with Crippen molar-refractivity contribution in [2.24, 2.45) is 5.92 Å². The predicted molar refractivity (Wildman–Crippen MR) is 98.1 cm³/mol. The average molecular weight is 357 g/mol. The molecule has 0 radical (unpaired) electrons. The summed E-state index contributed by atoms with van der Waals surface area (Å²) in [5, 5.41) is 2.90. The van der Waals surface area contributed by atoms with Gasteiger partial charge >= 0.3 is 6.03 Å². The van der Waals surface area contributed by atoms with Gasteiger partial charge in [0.1, 0.15) is 12.1 Å². The molecule has 1 aromatic carbocycles. The largest absolute Gasteiger partial charge is 0.337 e. The molecule has 0 aromatic heterocycles. The van der Waals surface area contributed by atoms with Gasteiger partial charge in [0, 0.05) is 13.1 Å². The molecule has 1 saturated carbocycles. The summed E-state index contributed by atoms with van der Waals surface area (Å²) in [5.41, 5.74) is 0.212. The van der Waals surface area contributed by atoms with Crippen LogP contribution in [0.15, 0.2) is 30.3 Å². The molecule has 2 atom stereocenters. The molecule has 1 N–H and O–H groups in total. The first-order chi connectivity index (χ1) is 12.5. The quantitative estimate of drug-likeness (QED) is 0.823. The molecule has 1 aromatic rings. The molecule has 6 nitrogen and oxygen atoms in total. The van der Waals surface area contributed by atoms with E-state index in [9.17, 15) is 14.4 Å². The number of nitrogens with one attached hydrogen (secondary N) is 1. The molecule has 26 heavy (non-hydrogen) atoms. The molecule has 4 amide bonds. The number of benzene rings is 1. The molecule has 1 aliphatic carbocycles. The van der Waals surface area contributed by atoms with Crippen LogP contribution in [0, 0.1) is 5.92 Å². The highest BCUT2D eigenvalue weighted by molar-refractivity contribution is 6.09. The Labute approximate surface area is 154 Å². The number of hydrogen-bond donors (Lipinski definition) is 1. The predicted octanol–water partition coefficient (Wildman–Crippen LogP) is 2.54. The number of nitrogens with zero attached hydrogens (tertiary/aromatic N) is 2. The van der Waals surface area contributed by atoms with Crippen LogP contribution in [0.5, 0.6) is 0 Å². The van der Waals surface area contributed by atoms with Gasteiger partial charge < -0.3 is 10.2 Å². The van der Waals surface area contributed by atoms with Gasteiger partial charge in [0.15, 0.2) is 0 Å². The van der Waals surface area contributed by atoms with Crippen LogP contribution in [-0.2, 0) is 16.1 Å². The highest BCUT2D eigenvalue weighted by Crippen LogP contribution is 2.38. The topological polar surface area (TPSA) is 69.7 Å². The van der Waals surface area contributed by atoms with Crippen molar-refractivity contribution in [2.45, 2.75) is 51.6 Å². The summed E-state index contributed by atoms with van der Waals surface area (Å²) in [6.45, 7) is 4.72. The van der Waals surface area contributed by atoms with Crippen LogP contribution >= 0.6 is 0 Å². The van der Waals surface area contributed by atoms with Gasteiger partial charge in [-0.1, -0.05) is 50.1 Å². The van der Waals surface area contributed by atoms with Crippen molar-refractivity contribution in [3.63, 3.8) is 0 Å². The molecule has 1 saturated heterocycles. The monoisotopic (exact) mass is 357 g/mol. The molecule has 2 fully saturated rings. The number of carbonyl (C=O) groups is 3. The van der Waals surface area contributed by atoms with Gasteiger partial charge in [0.2, 0.25) is 5.91 Å². The number of amides is 4. The van der Waals surface area contributed by atoms with Crippen LogP contribution in [0.4, 0.5) is 4.79 Å². The lowest BCUT2D eigenvalue weighted by molar-refractivity contribution is -0.140. The van der Waals surface area contributed by atoms with E-state index < -0.39 is 11.6 Å². The third-order valence-electron chi connectivity index (χ3n) is 5.75. The maximum atomic E-state index is 13.0. The van der Waals surface area contributed by atoms with Crippen LogP contribution in [0.2, 0.25) is 0 Å². The number of hydrogen-bond acceptors (Lipinski definition) is 3. The van der Waals surface area contributed by atoms with Gasteiger partial charge in [-0.25, -0.2) is 4.79 Å². The van der Waals surface area contributed by atoms with E-state index in [0.29, 0.717) is 19.5 Å². The maximum absolute atomic E-state index is 13.0. The van der Waals surface area contributed by atoms with Crippen molar-refractivity contribution in [1.82, 2.24) is 15.1 Å². The standard InChI is InChI=1S/C20H27N3O3/c1-3-22(13-16-10-5-4-6-11-16)17(24)14-23-18(25)20(21-19(23)26)12-8-7-9-15(20)2/h4-6,10-11,15H,3,7-9,12-14H2,1-2H3,(H,21,26)/t15-,20-/m0/s1. The minimum absolute atomic E-state index is 0.0967. The van der Waals surface area contributed by atoms with E-state index in [1.807, 2.05) is 44.2 Å². The van der Waals surface area contributed by atoms with Crippen LogP contribution in [-0.4, -0.2) is 46.3 Å². The van der Waals surface area contributed by atoms with Crippen LogP contribution in [0.25, 0.3) is 0 Å². The SMILES string of the molecule is CCN(Cc1ccccc1)C(=O)CN1C(=O)N[C@]2(CCCC[C@@H]2C)C1=O. The van der Waals surface area contributed by atoms with Gasteiger partial charge in [-0.2, -0.15) is 0 Å². The van der Waals surface area contributed by atoms with Gasteiger partial charge in [-0.05, 0) is 31.2 Å². The van der Waals surface area contributed by atoms with Crippen LogP contribution in [0.1, 0.15) is 45.1 Å². The summed E-state index contributed by atoms with van der Waals surface area (Å²) in [5.74, 6) is -0.349. The zero-order valence-electron chi connectivity index (χ0n) is 15.5. The Kier molecular flexibility index (Phi) is 5.30. The van der Waals surface area contributed by atoms with Crippen molar-refractivity contribution >= 4 is 17.8 Å². The van der Waals surface area contributed by atoms with Crippen molar-refractivity contribution < 1.29 is 14.4 Å². The second-order valence-electron chi connectivity index (χ2n) is 7.33. The minimum Gasteiger partial charge on any atom is -0.337 e. The summed E-state index contributed by atoms with van der Waals surface area (Å²) in [6.07, 6.45) is 3.58. The fraction of sp³-hybridized carbons (Fsp3) is 0.550. The van der Waals surface area contributed by atoms with Crippen molar-refractivity contribution in [3.8, 4) is 0 Å². The molecule has 1 heterocycles. The number of urea groups is 1. The van der Waals surface area contributed by atoms with Crippen molar-refractivity contribution in [3.05, 3.63) is 35.9 Å². The van der Waals surface area contributed by atoms with E-state index in [4.69, 9.17) is 0 Å². The Balaban J connectivity index is 1.70. The fourth-order valence-corrected chi connectivity index (χ4v) is 4.05. The van der Waals surface area contributed by atoms with Crippen LogP contribution in [0.3, 0.4) is 0 Å². The van der Waals surface area contributed by atoms with Crippen molar-refractivity contribution in [2.75, 3.05) is 13.1 Å². The zero-order chi connectivity index (χ0) is 18.7. The van der Waals surface area contributed by atoms with Crippen LogP contribution < -0.4 is 5.32 Å². The Morgan fingerprint density at radius 1 is 1.27 bits per heavy atom. The third kappa shape index (κ3) is 3.32. The Morgan fingerprint density at radius 2 is 2.00 bits per heavy atom. The number of carbonyl (C=O) groups excluding carboxylic acids is 3. The first-order valence-corrected chi connectivity index (χ1v) is 9.43. The highest BCUT2D eigenvalue weighted by Gasteiger charge is 2.55. The first-order valence-electron chi connectivity index (χ1n) is 9.43. The average Bonchev–Trinajstić information content (AvgIpc) is 2.88. The summed E-state index contributed by atoms with van der Waals surface area (Å²) >= 11 is 0. The molecule has 3 rings (SSSR count). The summed E-state index contributed by atoms with van der Waals surface area (Å²) in [4.78, 5) is 40.9. The lowest BCUT2D eigenvalue weighted by atomic mass is 9.73. The molecule has 0 bridgehead atoms. The Morgan fingerprint density at radius 3 is 2.65 bits per heavy atom. The molecule has 2 aliphatic rings. The second kappa shape index (κ2) is 7.48. The number of likely N-dealkylation sites (N-methyl/N-ethyl adjacent to an activating group) is 1. The van der Waals surface area contributed by atoms with E-state index in [1.54, 1.807) is 4.90 Å². The smallest absolute Gasteiger partial charge is 0.325 e. The van der Waals surface area contributed by atoms with E-state index in [-0.39, 0.29) is 24.3 Å². The van der Waals surface area contributed by atoms with E-state index in [0.717, 1.165) is 29.7 Å². The molecular weight excluding hydrogens is 330 g/mol. The third-order valence-corrected chi connectivity index (χ3v) is 5.75. The number of rotatable bonds is 5. The second-order valence-corrected chi connectivity index (χ2v) is 7.33. The Hall–Kier alpha value is -2.37. The molecule has 6 heteroatoms. The zero-order valence-corrected chi connectivity index (χ0v) is 15.5. The highest BCUT2D eigenvalue weighted by atomic mass is 16.2. The summed E-state index contributed by atoms with van der Waals surface area (Å²) in [6, 6.07) is 9.27. The van der Waals surface area contributed by atoms with Gasteiger partial charge in [0.05, 0.1) is 0 Å². The molecule has 1 aliphatic heterocycles. The van der Waals surface area contributed by atoms with Gasteiger partial charge in [0.25, 0.3) is 5.91 Å².